The summed E-state index contributed by atoms with van der Waals surface area (Å²) in [6, 6.07) is 2.16. The van der Waals surface area contributed by atoms with E-state index in [2.05, 4.69) is 18.9 Å². The van der Waals surface area contributed by atoms with Crippen molar-refractivity contribution in [2.24, 2.45) is 5.92 Å². The number of aryl methyl sites for hydroxylation is 1. The van der Waals surface area contributed by atoms with Gasteiger partial charge in [0.05, 0.1) is 5.54 Å². The van der Waals surface area contributed by atoms with Crippen LogP contribution < -0.4 is 0 Å². The van der Waals surface area contributed by atoms with Crippen molar-refractivity contribution in [2.45, 2.75) is 65.5 Å². The largest absolute Gasteiger partial charge is 0.338 e. The van der Waals surface area contributed by atoms with Crippen molar-refractivity contribution in [3.05, 3.63) is 17.5 Å². The maximum atomic E-state index is 13.1. The van der Waals surface area contributed by atoms with Crippen molar-refractivity contribution >= 4 is 11.8 Å². The predicted molar refractivity (Wildman–Crippen MR) is 96.4 cm³/mol. The Hall–Kier alpha value is -1.85. The molecule has 6 heteroatoms. The lowest BCUT2D eigenvalue weighted by Crippen LogP contribution is -2.62. The van der Waals surface area contributed by atoms with Gasteiger partial charge < -0.3 is 9.80 Å². The Kier molecular flexibility index (Phi) is 4.64. The minimum absolute atomic E-state index is 0.0336. The summed E-state index contributed by atoms with van der Waals surface area (Å²) in [5.74, 6) is 0.456. The Bertz CT molecular complexity index is 675. The molecular formula is C19H30N4O2. The van der Waals surface area contributed by atoms with Crippen molar-refractivity contribution in [3.8, 4) is 0 Å². The Morgan fingerprint density at radius 2 is 2.00 bits per heavy atom. The highest BCUT2D eigenvalue weighted by atomic mass is 16.2. The molecule has 3 rings (SSSR count). The minimum atomic E-state index is -0.381. The molecule has 1 aliphatic carbocycles. The van der Waals surface area contributed by atoms with E-state index in [9.17, 15) is 9.59 Å². The topological polar surface area (TPSA) is 58.4 Å². The molecule has 1 saturated carbocycles. The molecule has 1 aromatic heterocycles. The normalized spacial score (nSPS) is 21.3. The van der Waals surface area contributed by atoms with Crippen LogP contribution in [0.3, 0.4) is 0 Å². The SMILES string of the molecule is CCC(C)n1nc(C(=O)N2CCN(C(=O)C3CC3)CC2(C)C)cc1C. The molecule has 0 spiro atoms. The van der Waals surface area contributed by atoms with Crippen molar-refractivity contribution < 1.29 is 9.59 Å². The zero-order chi connectivity index (χ0) is 18.4. The van der Waals surface area contributed by atoms with Gasteiger partial charge in [-0.3, -0.25) is 14.3 Å². The number of amides is 2. The highest BCUT2D eigenvalue weighted by Crippen LogP contribution is 2.33. The fraction of sp³-hybridized carbons (Fsp3) is 0.737. The third-order valence-electron chi connectivity index (χ3n) is 5.54. The van der Waals surface area contributed by atoms with Gasteiger partial charge in [-0.05, 0) is 53.0 Å². The van der Waals surface area contributed by atoms with Gasteiger partial charge in [0.1, 0.15) is 0 Å². The van der Waals surface area contributed by atoms with Gasteiger partial charge in [-0.2, -0.15) is 5.10 Å². The van der Waals surface area contributed by atoms with E-state index in [-0.39, 0.29) is 29.3 Å². The van der Waals surface area contributed by atoms with E-state index in [0.29, 0.717) is 25.3 Å². The van der Waals surface area contributed by atoms with Gasteiger partial charge in [0.25, 0.3) is 5.91 Å². The summed E-state index contributed by atoms with van der Waals surface area (Å²) < 4.78 is 1.94. The molecule has 0 bridgehead atoms. The standard InChI is InChI=1S/C19H30N4O2/c1-6-13(2)23-14(3)11-16(20-23)18(25)22-10-9-21(12-19(22,4)5)17(24)15-7-8-15/h11,13,15H,6-10,12H2,1-5H3. The highest BCUT2D eigenvalue weighted by Gasteiger charge is 2.42. The first-order chi connectivity index (χ1) is 11.7. The van der Waals surface area contributed by atoms with Gasteiger partial charge in [-0.15, -0.1) is 0 Å². The quantitative estimate of drug-likeness (QED) is 0.842. The lowest BCUT2D eigenvalue weighted by atomic mass is 9.97. The Balaban J connectivity index is 1.75. The van der Waals surface area contributed by atoms with Gasteiger partial charge in [-0.1, -0.05) is 6.92 Å². The van der Waals surface area contributed by atoms with Gasteiger partial charge in [0.15, 0.2) is 5.69 Å². The molecule has 2 heterocycles. The van der Waals surface area contributed by atoms with Crippen LogP contribution in [0.1, 0.15) is 69.2 Å². The summed E-state index contributed by atoms with van der Waals surface area (Å²) in [4.78, 5) is 29.2. The third kappa shape index (κ3) is 3.44. The number of nitrogens with zero attached hydrogens (tertiary/aromatic N) is 4. The second kappa shape index (κ2) is 6.46. The van der Waals surface area contributed by atoms with E-state index >= 15 is 0 Å². The summed E-state index contributed by atoms with van der Waals surface area (Å²) in [6.45, 7) is 12.1. The summed E-state index contributed by atoms with van der Waals surface area (Å²) in [5, 5.41) is 4.56. The first-order valence-electron chi connectivity index (χ1n) is 9.41. The molecule has 0 radical (unpaired) electrons. The van der Waals surface area contributed by atoms with Gasteiger partial charge in [0.2, 0.25) is 5.91 Å². The molecular weight excluding hydrogens is 316 g/mol. The van der Waals surface area contributed by atoms with Gasteiger partial charge in [-0.25, -0.2) is 0 Å². The predicted octanol–water partition coefficient (Wildman–Crippen LogP) is 2.64. The molecule has 1 saturated heterocycles. The van der Waals surface area contributed by atoms with Gasteiger partial charge >= 0.3 is 0 Å². The van der Waals surface area contributed by atoms with Crippen LogP contribution in [0.5, 0.6) is 0 Å². The van der Waals surface area contributed by atoms with Crippen molar-refractivity contribution in [2.75, 3.05) is 19.6 Å². The molecule has 25 heavy (non-hydrogen) atoms. The van der Waals surface area contributed by atoms with Crippen LogP contribution >= 0.6 is 0 Å². The molecule has 2 aliphatic rings. The number of hydrogen-bond acceptors (Lipinski definition) is 3. The second-order valence-corrected chi connectivity index (χ2v) is 8.18. The molecule has 1 atom stereocenters. The fourth-order valence-corrected chi connectivity index (χ4v) is 3.66. The molecule has 1 aliphatic heterocycles. The van der Waals surface area contributed by atoms with Crippen LogP contribution in [0.4, 0.5) is 0 Å². The highest BCUT2D eigenvalue weighted by molar-refractivity contribution is 5.93. The maximum absolute atomic E-state index is 13.1. The van der Waals surface area contributed by atoms with E-state index < -0.39 is 0 Å². The average molecular weight is 346 g/mol. The summed E-state index contributed by atoms with van der Waals surface area (Å²) >= 11 is 0. The first kappa shape index (κ1) is 18.0. The van der Waals surface area contributed by atoms with Crippen LogP contribution in [0.2, 0.25) is 0 Å². The number of carbonyl (C=O) groups is 2. The van der Waals surface area contributed by atoms with Crippen LogP contribution in [0, 0.1) is 12.8 Å². The maximum Gasteiger partial charge on any atom is 0.274 e. The molecule has 0 aromatic carbocycles. The summed E-state index contributed by atoms with van der Waals surface area (Å²) in [6.07, 6.45) is 3.01. The molecule has 1 aromatic rings. The van der Waals surface area contributed by atoms with Crippen LogP contribution in [-0.4, -0.2) is 56.6 Å². The molecule has 2 amide bonds. The Labute approximate surface area is 150 Å². The minimum Gasteiger partial charge on any atom is -0.338 e. The van der Waals surface area contributed by atoms with Gasteiger partial charge in [0, 0.05) is 37.3 Å². The third-order valence-corrected chi connectivity index (χ3v) is 5.54. The number of piperazine rings is 1. The Morgan fingerprint density at radius 1 is 1.32 bits per heavy atom. The molecule has 1 unspecified atom stereocenters. The zero-order valence-corrected chi connectivity index (χ0v) is 16.1. The molecule has 138 valence electrons. The monoisotopic (exact) mass is 346 g/mol. The van der Waals surface area contributed by atoms with E-state index in [0.717, 1.165) is 25.0 Å². The Morgan fingerprint density at radius 3 is 2.56 bits per heavy atom. The van der Waals surface area contributed by atoms with E-state index in [1.165, 1.54) is 0 Å². The number of rotatable bonds is 4. The number of aromatic nitrogens is 2. The number of carbonyl (C=O) groups excluding carboxylic acids is 2. The fourth-order valence-electron chi connectivity index (χ4n) is 3.66. The van der Waals surface area contributed by atoms with E-state index in [1.807, 2.05) is 41.3 Å². The van der Waals surface area contributed by atoms with E-state index in [1.54, 1.807) is 0 Å². The lowest BCUT2D eigenvalue weighted by Gasteiger charge is -2.47. The van der Waals surface area contributed by atoms with Crippen LogP contribution in [0.25, 0.3) is 0 Å². The number of hydrogen-bond donors (Lipinski definition) is 0. The van der Waals surface area contributed by atoms with Crippen molar-refractivity contribution in [1.82, 2.24) is 19.6 Å². The lowest BCUT2D eigenvalue weighted by molar-refractivity contribution is -0.136. The summed E-state index contributed by atoms with van der Waals surface area (Å²) in [7, 11) is 0. The zero-order valence-electron chi connectivity index (χ0n) is 16.1. The molecule has 6 nitrogen and oxygen atoms in total. The van der Waals surface area contributed by atoms with Crippen LogP contribution in [0.15, 0.2) is 6.07 Å². The van der Waals surface area contributed by atoms with Crippen molar-refractivity contribution in [1.29, 1.82) is 0 Å². The molecule has 0 N–H and O–H groups in total. The summed E-state index contributed by atoms with van der Waals surface area (Å²) in [5.41, 5.74) is 1.14. The first-order valence-corrected chi connectivity index (χ1v) is 9.41. The van der Waals surface area contributed by atoms with Crippen LogP contribution in [-0.2, 0) is 4.79 Å². The average Bonchev–Trinajstić information content (AvgIpc) is 3.34. The smallest absolute Gasteiger partial charge is 0.274 e. The second-order valence-electron chi connectivity index (χ2n) is 8.18. The molecule has 2 fully saturated rings. The van der Waals surface area contributed by atoms with E-state index in [4.69, 9.17) is 0 Å². The van der Waals surface area contributed by atoms with Crippen molar-refractivity contribution in [3.63, 3.8) is 0 Å².